The first-order chi connectivity index (χ1) is 36.1. The van der Waals surface area contributed by atoms with Crippen molar-refractivity contribution in [1.82, 2.24) is 50.6 Å². The van der Waals surface area contributed by atoms with Gasteiger partial charge >= 0.3 is 0 Å². The maximum Gasteiger partial charge on any atom is 0.251 e. The number of aliphatic hydroxyl groups is 1. The Hall–Kier alpha value is -7.13. The molecule has 4 atom stereocenters. The molecular weight excluding hydrogens is 975 g/mol. The number of β-amino-alcohol motifs (C(OH)–C–C–N with tert-alkyl or cyclic N) is 1. The number of unbranched alkanes of at least 4 members (excludes halogenated alkanes) is 2. The van der Waals surface area contributed by atoms with Crippen LogP contribution >= 0.6 is 11.3 Å². The van der Waals surface area contributed by atoms with Crippen LogP contribution in [0, 0.1) is 12.3 Å². The van der Waals surface area contributed by atoms with E-state index in [9.17, 15) is 24.3 Å². The van der Waals surface area contributed by atoms with Gasteiger partial charge in [-0.2, -0.15) is 0 Å². The molecule has 7 rings (SSSR count). The van der Waals surface area contributed by atoms with Crippen LogP contribution < -0.4 is 26.0 Å². The molecule has 1 fully saturated rings. The third kappa shape index (κ3) is 15.9. The summed E-state index contributed by atoms with van der Waals surface area (Å²) < 4.78 is 19.3. The van der Waals surface area contributed by atoms with Crippen molar-refractivity contribution in [2.24, 2.45) is 12.5 Å². The maximum absolute atomic E-state index is 14.0. The van der Waals surface area contributed by atoms with Crippen LogP contribution in [-0.2, 0) is 44.0 Å². The molecule has 19 nitrogen and oxygen atoms in total. The van der Waals surface area contributed by atoms with Crippen molar-refractivity contribution in [2.45, 2.75) is 104 Å². The summed E-state index contributed by atoms with van der Waals surface area (Å²) in [5.74, 6) is 0.633. The number of anilines is 1. The van der Waals surface area contributed by atoms with Crippen LogP contribution in [0.4, 0.5) is 5.69 Å². The number of nitrogens with zero attached hydrogens (tertiary/aromatic N) is 7. The van der Waals surface area contributed by atoms with Gasteiger partial charge in [0.25, 0.3) is 5.91 Å². The van der Waals surface area contributed by atoms with E-state index in [-0.39, 0.29) is 44.0 Å². The Balaban J connectivity index is 0.737. The minimum Gasteiger partial charge on any atom is -0.494 e. The first-order valence-electron chi connectivity index (χ1n) is 25.4. The Kier molecular flexibility index (Phi) is 19.9. The second-order valence-corrected chi connectivity index (χ2v) is 20.5. The molecule has 4 heterocycles. The van der Waals surface area contributed by atoms with Crippen LogP contribution in [0.25, 0.3) is 22.0 Å². The highest BCUT2D eigenvalue weighted by Crippen LogP contribution is 2.29. The number of thiazole rings is 1. The lowest BCUT2D eigenvalue weighted by atomic mass is 9.85. The maximum atomic E-state index is 14.0. The molecule has 1 aliphatic rings. The monoisotopic (exact) mass is 1040 g/mol. The van der Waals surface area contributed by atoms with Gasteiger partial charge in [-0.25, -0.2) is 15.0 Å². The number of rotatable bonds is 26. The van der Waals surface area contributed by atoms with Crippen molar-refractivity contribution in [3.8, 4) is 27.7 Å². The Bertz CT molecular complexity index is 2820. The van der Waals surface area contributed by atoms with E-state index in [1.165, 1.54) is 11.2 Å². The summed E-state index contributed by atoms with van der Waals surface area (Å²) in [7, 11) is 1.88. The van der Waals surface area contributed by atoms with E-state index in [0.29, 0.717) is 62.3 Å². The van der Waals surface area contributed by atoms with Gasteiger partial charge in [-0.05, 0) is 98.0 Å². The van der Waals surface area contributed by atoms with Crippen molar-refractivity contribution in [1.29, 1.82) is 0 Å². The average Bonchev–Trinajstić information content (AvgIpc) is 4.14. The molecule has 3 aromatic heterocycles. The van der Waals surface area contributed by atoms with Gasteiger partial charge in [0.15, 0.2) is 11.6 Å². The zero-order valence-electron chi connectivity index (χ0n) is 43.6. The SMILES string of the molecule is Cc1ncsc1-c1ccc(CNC(=O)[C@@H]2C[C@@H](O)CN2C(=O)[C@@H](NC(=O)COCCCOCCCCCOc2cccc([C@@H](C)NC(=O)c3cccc(NCc4nnc(-c5ccncn5)n4C)c3)c2)C(C)(C)C)cc1. The van der Waals surface area contributed by atoms with Crippen LogP contribution in [0.1, 0.15) is 98.8 Å². The normalized spacial score (nSPS) is 15.3. The Morgan fingerprint density at radius 3 is 2.40 bits per heavy atom. The van der Waals surface area contributed by atoms with Crippen LogP contribution in [0.3, 0.4) is 0 Å². The number of benzene rings is 3. The zero-order valence-corrected chi connectivity index (χ0v) is 44.4. The molecule has 5 N–H and O–H groups in total. The molecule has 4 amide bonds. The van der Waals surface area contributed by atoms with E-state index in [0.717, 1.165) is 58.0 Å². The van der Waals surface area contributed by atoms with E-state index < -0.39 is 35.4 Å². The number of nitrogens with one attached hydrogen (secondary N) is 4. The van der Waals surface area contributed by atoms with E-state index in [2.05, 4.69) is 46.4 Å². The summed E-state index contributed by atoms with van der Waals surface area (Å²) in [6.07, 6.45) is 5.58. The first-order valence-corrected chi connectivity index (χ1v) is 26.2. The quantitative estimate of drug-likeness (QED) is 0.0361. The summed E-state index contributed by atoms with van der Waals surface area (Å²) >= 11 is 1.57. The van der Waals surface area contributed by atoms with Gasteiger partial charge in [0.1, 0.15) is 36.5 Å². The standard InChI is InChI=1S/C55H69N11O8S/c1-36(61-52(69)41-14-10-15-42(27-41)57-31-47-63-64-51(65(47)6)45-21-22-56-34-59-45)40-13-11-16-44(28-40)74-26-9-7-8-23-72-24-12-25-73-33-48(68)62-50(55(3,4)5)54(71)66-32-43(67)29-46(66)53(70)58-30-38-17-19-39(20-18-38)49-37(2)60-35-75-49/h10-11,13-22,27-28,34-36,43,46,50,57,67H,7-9,12,23-26,29-33H2,1-6H3,(H,58,70)(H,61,69)(H,62,68)/t36-,43-,46+,50-/m1/s1. The van der Waals surface area contributed by atoms with Crippen molar-refractivity contribution < 1.29 is 38.5 Å². The number of amides is 4. The average molecular weight is 1040 g/mol. The fourth-order valence-corrected chi connectivity index (χ4v) is 9.35. The zero-order chi connectivity index (χ0) is 53.3. The van der Waals surface area contributed by atoms with E-state index in [4.69, 9.17) is 14.2 Å². The molecule has 1 saturated heterocycles. The van der Waals surface area contributed by atoms with Gasteiger partial charge in [-0.1, -0.05) is 63.2 Å². The molecule has 0 saturated carbocycles. The van der Waals surface area contributed by atoms with Crippen LogP contribution in [0.15, 0.2) is 96.9 Å². The molecule has 0 unspecified atom stereocenters. The lowest BCUT2D eigenvalue weighted by Crippen LogP contribution is -2.58. The summed E-state index contributed by atoms with van der Waals surface area (Å²) in [4.78, 5) is 68.8. The minimum absolute atomic E-state index is 0.00952. The van der Waals surface area contributed by atoms with Crippen molar-refractivity contribution in [3.63, 3.8) is 0 Å². The molecule has 20 heteroatoms. The molecule has 0 bridgehead atoms. The smallest absolute Gasteiger partial charge is 0.251 e. The molecule has 0 spiro atoms. The predicted octanol–water partition coefficient (Wildman–Crippen LogP) is 6.59. The molecule has 0 aliphatic carbocycles. The number of hydrogen-bond donors (Lipinski definition) is 5. The number of ether oxygens (including phenoxy) is 3. The van der Waals surface area contributed by atoms with Gasteiger partial charge in [-0.15, -0.1) is 21.5 Å². The predicted molar refractivity (Wildman–Crippen MR) is 285 cm³/mol. The van der Waals surface area contributed by atoms with E-state index >= 15 is 0 Å². The second-order valence-electron chi connectivity index (χ2n) is 19.7. The number of carbonyl (C=O) groups excluding carboxylic acids is 4. The molecule has 398 valence electrons. The molecular formula is C55H69N11O8S. The number of hydrogen-bond acceptors (Lipinski definition) is 15. The molecule has 3 aromatic carbocycles. The van der Waals surface area contributed by atoms with Gasteiger partial charge in [0, 0.05) is 63.8 Å². The van der Waals surface area contributed by atoms with Gasteiger partial charge in [-0.3, -0.25) is 19.2 Å². The highest BCUT2D eigenvalue weighted by molar-refractivity contribution is 7.13. The second kappa shape index (κ2) is 26.9. The van der Waals surface area contributed by atoms with E-state index in [1.807, 2.05) is 112 Å². The molecule has 6 aromatic rings. The summed E-state index contributed by atoms with van der Waals surface area (Å²) in [5, 5.41) is 31.3. The van der Waals surface area contributed by atoms with Crippen LogP contribution in [0.2, 0.25) is 0 Å². The molecule has 0 radical (unpaired) electrons. The lowest BCUT2D eigenvalue weighted by molar-refractivity contribution is -0.144. The number of aryl methyl sites for hydroxylation is 1. The number of aromatic nitrogens is 6. The Morgan fingerprint density at radius 2 is 1.64 bits per heavy atom. The first kappa shape index (κ1) is 55.6. The minimum atomic E-state index is -0.950. The number of aliphatic hydroxyl groups excluding tert-OH is 1. The summed E-state index contributed by atoms with van der Waals surface area (Å²) in [6.45, 7) is 11.7. The van der Waals surface area contributed by atoms with Crippen LogP contribution in [-0.4, -0.2) is 121 Å². The fraction of sp³-hybridized carbons (Fsp3) is 0.436. The van der Waals surface area contributed by atoms with E-state index in [1.54, 1.807) is 35.7 Å². The van der Waals surface area contributed by atoms with Crippen LogP contribution in [0.5, 0.6) is 5.75 Å². The summed E-state index contributed by atoms with van der Waals surface area (Å²) in [5.41, 5.74) is 6.93. The van der Waals surface area contributed by atoms with Gasteiger partial charge < -0.3 is 50.1 Å². The number of likely N-dealkylation sites (tertiary alicyclic amines) is 1. The van der Waals surface area contributed by atoms with Gasteiger partial charge in [0.05, 0.1) is 41.4 Å². The van der Waals surface area contributed by atoms with Crippen molar-refractivity contribution >= 4 is 40.7 Å². The van der Waals surface area contributed by atoms with Crippen molar-refractivity contribution in [2.75, 3.05) is 44.9 Å². The van der Waals surface area contributed by atoms with Crippen molar-refractivity contribution in [3.05, 3.63) is 125 Å². The Morgan fingerprint density at radius 1 is 0.867 bits per heavy atom. The van der Waals surface area contributed by atoms with Gasteiger partial charge in [0.2, 0.25) is 17.7 Å². The number of carbonyl (C=O) groups is 4. The lowest BCUT2D eigenvalue weighted by Gasteiger charge is -2.35. The topological polar surface area (TPSA) is 237 Å². The highest BCUT2D eigenvalue weighted by Gasteiger charge is 2.44. The third-order valence-electron chi connectivity index (χ3n) is 12.8. The summed E-state index contributed by atoms with van der Waals surface area (Å²) in [6, 6.07) is 22.6. The molecule has 75 heavy (non-hydrogen) atoms. The molecule has 1 aliphatic heterocycles. The highest BCUT2D eigenvalue weighted by atomic mass is 32.1. The third-order valence-corrected chi connectivity index (χ3v) is 13.8. The fourth-order valence-electron chi connectivity index (χ4n) is 8.54. The largest absolute Gasteiger partial charge is 0.494 e. The Labute approximate surface area is 442 Å².